The van der Waals surface area contributed by atoms with Crippen LogP contribution >= 0.6 is 11.6 Å². The SMILES string of the molecule is Fc1cccc(F)c1-c1nc(CCl)no1. The second-order valence-corrected chi connectivity index (χ2v) is 3.01. The summed E-state index contributed by atoms with van der Waals surface area (Å²) in [6.07, 6.45) is 0. The Hall–Kier alpha value is -1.49. The van der Waals surface area contributed by atoms with E-state index < -0.39 is 11.6 Å². The van der Waals surface area contributed by atoms with Gasteiger partial charge in [0.25, 0.3) is 5.89 Å². The lowest BCUT2D eigenvalue weighted by Crippen LogP contribution is -1.89. The van der Waals surface area contributed by atoms with Crippen molar-refractivity contribution in [1.29, 1.82) is 0 Å². The summed E-state index contributed by atoms with van der Waals surface area (Å²) >= 11 is 5.43. The molecule has 1 aromatic heterocycles. The zero-order valence-electron chi connectivity index (χ0n) is 7.38. The lowest BCUT2D eigenvalue weighted by Gasteiger charge is -1.97. The van der Waals surface area contributed by atoms with Gasteiger partial charge >= 0.3 is 0 Å². The molecule has 0 saturated carbocycles. The van der Waals surface area contributed by atoms with Crippen LogP contribution in [0.25, 0.3) is 11.5 Å². The molecule has 0 aliphatic rings. The maximum Gasteiger partial charge on any atom is 0.263 e. The Labute approximate surface area is 88.7 Å². The van der Waals surface area contributed by atoms with Crippen LogP contribution < -0.4 is 0 Å². The van der Waals surface area contributed by atoms with Crippen molar-refractivity contribution in [2.24, 2.45) is 0 Å². The summed E-state index contributed by atoms with van der Waals surface area (Å²) in [6, 6.07) is 3.49. The third-order valence-electron chi connectivity index (χ3n) is 1.76. The molecule has 0 saturated heterocycles. The first-order valence-electron chi connectivity index (χ1n) is 4.05. The molecule has 0 N–H and O–H groups in total. The van der Waals surface area contributed by atoms with Crippen LogP contribution in [0.5, 0.6) is 0 Å². The molecule has 0 bridgehead atoms. The highest BCUT2D eigenvalue weighted by Crippen LogP contribution is 2.24. The summed E-state index contributed by atoms with van der Waals surface area (Å²) in [4.78, 5) is 3.73. The van der Waals surface area contributed by atoms with Crippen molar-refractivity contribution in [1.82, 2.24) is 10.1 Å². The number of aromatic nitrogens is 2. The Kier molecular flexibility index (Phi) is 2.64. The van der Waals surface area contributed by atoms with E-state index in [4.69, 9.17) is 11.6 Å². The summed E-state index contributed by atoms with van der Waals surface area (Å²) in [5, 5.41) is 3.44. The van der Waals surface area contributed by atoms with Gasteiger partial charge in [-0.05, 0) is 12.1 Å². The predicted octanol–water partition coefficient (Wildman–Crippen LogP) is 2.75. The minimum Gasteiger partial charge on any atom is -0.334 e. The smallest absolute Gasteiger partial charge is 0.263 e. The van der Waals surface area contributed by atoms with Crippen molar-refractivity contribution >= 4 is 11.6 Å². The van der Waals surface area contributed by atoms with Crippen LogP contribution in [0.1, 0.15) is 5.82 Å². The second-order valence-electron chi connectivity index (χ2n) is 2.75. The van der Waals surface area contributed by atoms with Crippen LogP contribution in [0.4, 0.5) is 8.78 Å². The fourth-order valence-corrected chi connectivity index (χ4v) is 1.22. The van der Waals surface area contributed by atoms with Crippen LogP contribution in [-0.2, 0) is 5.88 Å². The van der Waals surface area contributed by atoms with Crippen LogP contribution in [0.2, 0.25) is 0 Å². The van der Waals surface area contributed by atoms with Gasteiger partial charge in [-0.15, -0.1) is 11.6 Å². The predicted molar refractivity (Wildman–Crippen MR) is 49.2 cm³/mol. The van der Waals surface area contributed by atoms with Gasteiger partial charge in [-0.1, -0.05) is 11.2 Å². The first-order chi connectivity index (χ1) is 7.22. The molecular weight excluding hydrogens is 226 g/mol. The van der Waals surface area contributed by atoms with Gasteiger partial charge in [0.2, 0.25) is 0 Å². The molecule has 0 spiro atoms. The summed E-state index contributed by atoms with van der Waals surface area (Å²) < 4.78 is 31.2. The number of hydrogen-bond acceptors (Lipinski definition) is 3. The third-order valence-corrected chi connectivity index (χ3v) is 2.00. The highest BCUT2D eigenvalue weighted by molar-refractivity contribution is 6.16. The Morgan fingerprint density at radius 2 is 1.93 bits per heavy atom. The summed E-state index contributed by atoms with van der Waals surface area (Å²) in [7, 11) is 0. The molecule has 15 heavy (non-hydrogen) atoms. The average molecular weight is 231 g/mol. The molecular formula is C9H5ClF2N2O. The number of hydrogen-bond donors (Lipinski definition) is 0. The molecule has 0 fully saturated rings. The highest BCUT2D eigenvalue weighted by Gasteiger charge is 2.17. The van der Waals surface area contributed by atoms with E-state index in [-0.39, 0.29) is 23.2 Å². The largest absolute Gasteiger partial charge is 0.334 e. The third kappa shape index (κ3) is 1.83. The van der Waals surface area contributed by atoms with E-state index in [0.717, 1.165) is 12.1 Å². The van der Waals surface area contributed by atoms with E-state index in [0.29, 0.717) is 0 Å². The van der Waals surface area contributed by atoms with E-state index in [1.165, 1.54) is 6.07 Å². The first-order valence-corrected chi connectivity index (χ1v) is 4.58. The molecule has 6 heteroatoms. The molecule has 1 aromatic carbocycles. The van der Waals surface area contributed by atoms with E-state index in [9.17, 15) is 8.78 Å². The molecule has 78 valence electrons. The summed E-state index contributed by atoms with van der Waals surface area (Å²) in [6.45, 7) is 0. The molecule has 0 amide bonds. The Morgan fingerprint density at radius 3 is 2.47 bits per heavy atom. The minimum atomic E-state index is -0.750. The Balaban J connectivity index is 2.53. The minimum absolute atomic E-state index is 0.0274. The number of alkyl halides is 1. The fourth-order valence-electron chi connectivity index (χ4n) is 1.11. The number of halogens is 3. The van der Waals surface area contributed by atoms with E-state index >= 15 is 0 Å². The van der Waals surface area contributed by atoms with Gasteiger partial charge in [0.15, 0.2) is 5.82 Å². The normalized spacial score (nSPS) is 10.6. The van der Waals surface area contributed by atoms with Crippen molar-refractivity contribution in [2.45, 2.75) is 5.88 Å². The van der Waals surface area contributed by atoms with Gasteiger partial charge < -0.3 is 4.52 Å². The standard InChI is InChI=1S/C9H5ClF2N2O/c10-4-7-13-9(15-14-7)8-5(11)2-1-3-6(8)12/h1-3H,4H2. The Bertz CT molecular complexity index is 466. The van der Waals surface area contributed by atoms with E-state index in [2.05, 4.69) is 14.7 Å². The van der Waals surface area contributed by atoms with Gasteiger partial charge in [0.1, 0.15) is 17.2 Å². The molecule has 0 radical (unpaired) electrons. The van der Waals surface area contributed by atoms with Crippen molar-refractivity contribution < 1.29 is 13.3 Å². The maximum absolute atomic E-state index is 13.2. The van der Waals surface area contributed by atoms with Crippen LogP contribution in [0.3, 0.4) is 0 Å². The van der Waals surface area contributed by atoms with Crippen molar-refractivity contribution in [2.75, 3.05) is 0 Å². The first kappa shape index (κ1) is 10.0. The lowest BCUT2D eigenvalue weighted by atomic mass is 10.2. The molecule has 0 atom stereocenters. The molecule has 2 aromatic rings. The number of nitrogens with zero attached hydrogens (tertiary/aromatic N) is 2. The monoisotopic (exact) mass is 230 g/mol. The van der Waals surface area contributed by atoms with Crippen LogP contribution in [-0.4, -0.2) is 10.1 Å². The van der Waals surface area contributed by atoms with Gasteiger partial charge in [-0.25, -0.2) is 8.78 Å². The van der Waals surface area contributed by atoms with Crippen LogP contribution in [0.15, 0.2) is 22.7 Å². The summed E-state index contributed by atoms with van der Waals surface area (Å²) in [5.74, 6) is -1.49. The topological polar surface area (TPSA) is 38.9 Å². The van der Waals surface area contributed by atoms with Crippen molar-refractivity contribution in [3.8, 4) is 11.5 Å². The highest BCUT2D eigenvalue weighted by atomic mass is 35.5. The lowest BCUT2D eigenvalue weighted by molar-refractivity contribution is 0.419. The van der Waals surface area contributed by atoms with Gasteiger partial charge in [-0.2, -0.15) is 4.98 Å². The fraction of sp³-hybridized carbons (Fsp3) is 0.111. The van der Waals surface area contributed by atoms with E-state index in [1.54, 1.807) is 0 Å². The van der Waals surface area contributed by atoms with Gasteiger partial charge in [-0.3, -0.25) is 0 Å². The van der Waals surface area contributed by atoms with Crippen LogP contribution in [0, 0.1) is 11.6 Å². The number of benzene rings is 1. The molecule has 3 nitrogen and oxygen atoms in total. The zero-order valence-corrected chi connectivity index (χ0v) is 8.13. The van der Waals surface area contributed by atoms with Gasteiger partial charge in [0.05, 0.1) is 5.88 Å². The van der Waals surface area contributed by atoms with Crippen molar-refractivity contribution in [3.63, 3.8) is 0 Å². The molecule has 0 aliphatic heterocycles. The molecule has 0 aliphatic carbocycles. The molecule has 0 unspecified atom stereocenters. The van der Waals surface area contributed by atoms with Crippen molar-refractivity contribution in [3.05, 3.63) is 35.7 Å². The Morgan fingerprint density at radius 1 is 1.27 bits per heavy atom. The maximum atomic E-state index is 13.2. The zero-order chi connectivity index (χ0) is 10.8. The molecule has 2 rings (SSSR count). The number of rotatable bonds is 2. The summed E-state index contributed by atoms with van der Waals surface area (Å²) in [5.41, 5.74) is -0.332. The molecule has 1 heterocycles. The van der Waals surface area contributed by atoms with Gasteiger partial charge in [0, 0.05) is 0 Å². The van der Waals surface area contributed by atoms with E-state index in [1.807, 2.05) is 0 Å². The second kappa shape index (κ2) is 3.94. The average Bonchev–Trinajstić information content (AvgIpc) is 2.66. The quantitative estimate of drug-likeness (QED) is 0.745.